The largest absolute Gasteiger partial charge is 0.480 e. The fourth-order valence-corrected chi connectivity index (χ4v) is 1.29. The van der Waals surface area contributed by atoms with Gasteiger partial charge in [-0.2, -0.15) is 0 Å². The van der Waals surface area contributed by atoms with E-state index in [-0.39, 0.29) is 6.42 Å². The van der Waals surface area contributed by atoms with Crippen molar-refractivity contribution in [2.45, 2.75) is 19.4 Å². The molecule has 0 aliphatic carbocycles. The number of hydrogen-bond donors (Lipinski definition) is 3. The molecule has 0 saturated heterocycles. The summed E-state index contributed by atoms with van der Waals surface area (Å²) in [5.41, 5.74) is 1.45. The summed E-state index contributed by atoms with van der Waals surface area (Å²) >= 11 is 0. The number of carbonyl (C=O) groups excluding carboxylic acids is 1. The first-order valence-electron chi connectivity index (χ1n) is 5.08. The molecule has 0 aliphatic heterocycles. The lowest BCUT2D eigenvalue weighted by molar-refractivity contribution is -0.142. The van der Waals surface area contributed by atoms with Crippen LogP contribution in [0.5, 0.6) is 0 Å². The zero-order valence-electron chi connectivity index (χ0n) is 9.38. The van der Waals surface area contributed by atoms with Crippen LogP contribution in [0.1, 0.15) is 11.3 Å². The third kappa shape index (κ3) is 3.84. The summed E-state index contributed by atoms with van der Waals surface area (Å²) in [6.45, 7) is 1.18. The number of carboxylic acid groups (broad SMARTS) is 1. The van der Waals surface area contributed by atoms with Gasteiger partial charge < -0.3 is 15.5 Å². The number of carboxylic acids is 1. The van der Waals surface area contributed by atoms with Crippen molar-refractivity contribution in [1.29, 1.82) is 0 Å². The standard InChI is InChI=1S/C11H14N2O4/c1-7-3-2-4-12-8(7)5-10(15)13-9(6-14)11(16)17/h2-4,9,14H,5-6H2,1H3,(H,13,15)(H,16,17)/t9-/m0/s1. The second-order valence-electron chi connectivity index (χ2n) is 3.58. The van der Waals surface area contributed by atoms with Crippen LogP contribution in [0.3, 0.4) is 0 Å². The number of aliphatic hydroxyl groups is 1. The fraction of sp³-hybridized carbons (Fsp3) is 0.364. The van der Waals surface area contributed by atoms with E-state index in [1.165, 1.54) is 0 Å². The third-order valence-corrected chi connectivity index (χ3v) is 2.26. The molecule has 1 atom stereocenters. The van der Waals surface area contributed by atoms with Crippen LogP contribution in [0.15, 0.2) is 18.3 Å². The van der Waals surface area contributed by atoms with Crippen molar-refractivity contribution < 1.29 is 19.8 Å². The molecule has 3 N–H and O–H groups in total. The molecule has 0 spiro atoms. The molecule has 0 unspecified atom stereocenters. The molecule has 1 aromatic rings. The Kier molecular flexibility index (Phi) is 4.59. The predicted molar refractivity (Wildman–Crippen MR) is 59.3 cm³/mol. The maximum Gasteiger partial charge on any atom is 0.328 e. The minimum absolute atomic E-state index is 0.00352. The first kappa shape index (κ1) is 13.1. The van der Waals surface area contributed by atoms with Crippen LogP contribution in [-0.2, 0) is 16.0 Å². The number of rotatable bonds is 5. The average molecular weight is 238 g/mol. The van der Waals surface area contributed by atoms with Gasteiger partial charge in [0.1, 0.15) is 6.04 Å². The van der Waals surface area contributed by atoms with Crippen LogP contribution in [0.25, 0.3) is 0 Å². The molecule has 92 valence electrons. The fourth-order valence-electron chi connectivity index (χ4n) is 1.29. The molecule has 0 fully saturated rings. The Morgan fingerprint density at radius 2 is 2.24 bits per heavy atom. The maximum absolute atomic E-state index is 11.5. The number of pyridine rings is 1. The van der Waals surface area contributed by atoms with Gasteiger partial charge >= 0.3 is 5.97 Å². The second-order valence-corrected chi connectivity index (χ2v) is 3.58. The molecule has 17 heavy (non-hydrogen) atoms. The summed E-state index contributed by atoms with van der Waals surface area (Å²) in [4.78, 5) is 26.1. The Bertz CT molecular complexity index is 420. The lowest BCUT2D eigenvalue weighted by Gasteiger charge is -2.11. The van der Waals surface area contributed by atoms with Gasteiger partial charge in [0, 0.05) is 6.20 Å². The molecule has 0 bridgehead atoms. The van der Waals surface area contributed by atoms with Gasteiger partial charge in [-0.3, -0.25) is 9.78 Å². The van der Waals surface area contributed by atoms with Crippen molar-refractivity contribution >= 4 is 11.9 Å². The van der Waals surface area contributed by atoms with E-state index in [9.17, 15) is 9.59 Å². The van der Waals surface area contributed by atoms with Crippen LogP contribution in [0, 0.1) is 6.92 Å². The predicted octanol–water partition coefficient (Wildman–Crippen LogP) is -0.506. The highest BCUT2D eigenvalue weighted by Gasteiger charge is 2.19. The number of aliphatic hydroxyl groups excluding tert-OH is 1. The molecule has 1 amide bonds. The summed E-state index contributed by atoms with van der Waals surface area (Å²) in [5.74, 6) is -1.74. The molecule has 6 nitrogen and oxygen atoms in total. The Morgan fingerprint density at radius 1 is 1.53 bits per heavy atom. The van der Waals surface area contributed by atoms with Crippen molar-refractivity contribution in [1.82, 2.24) is 10.3 Å². The normalized spacial score (nSPS) is 11.9. The molecule has 1 heterocycles. The Balaban J connectivity index is 2.61. The first-order valence-corrected chi connectivity index (χ1v) is 5.08. The van der Waals surface area contributed by atoms with E-state index >= 15 is 0 Å². The second kappa shape index (κ2) is 5.95. The molecular formula is C11H14N2O4. The Labute approximate surface area is 98.3 Å². The average Bonchev–Trinajstić information content (AvgIpc) is 2.28. The van der Waals surface area contributed by atoms with Gasteiger partial charge in [0.05, 0.1) is 18.7 Å². The number of amides is 1. The van der Waals surface area contributed by atoms with Gasteiger partial charge in [0.2, 0.25) is 5.91 Å². The van der Waals surface area contributed by atoms with E-state index in [1.807, 2.05) is 13.0 Å². The SMILES string of the molecule is Cc1cccnc1CC(=O)N[C@@H](CO)C(=O)O. The summed E-state index contributed by atoms with van der Waals surface area (Å²) in [5, 5.41) is 19.6. The lowest BCUT2D eigenvalue weighted by atomic mass is 10.1. The van der Waals surface area contributed by atoms with E-state index in [2.05, 4.69) is 10.3 Å². The van der Waals surface area contributed by atoms with Gasteiger partial charge in [-0.05, 0) is 18.6 Å². The van der Waals surface area contributed by atoms with Crippen LogP contribution in [0.2, 0.25) is 0 Å². The topological polar surface area (TPSA) is 99.5 Å². The molecule has 1 aromatic heterocycles. The van der Waals surface area contributed by atoms with Crippen LogP contribution in [0.4, 0.5) is 0 Å². The molecule has 0 radical (unpaired) electrons. The van der Waals surface area contributed by atoms with Crippen LogP contribution in [-0.4, -0.2) is 39.7 Å². The van der Waals surface area contributed by atoms with Gasteiger partial charge in [-0.15, -0.1) is 0 Å². The molecule has 0 aromatic carbocycles. The number of aliphatic carboxylic acids is 1. The Hall–Kier alpha value is -1.95. The number of nitrogens with zero attached hydrogens (tertiary/aromatic N) is 1. The van der Waals surface area contributed by atoms with Crippen molar-refractivity contribution in [3.05, 3.63) is 29.6 Å². The maximum atomic E-state index is 11.5. The van der Waals surface area contributed by atoms with E-state index in [0.29, 0.717) is 5.69 Å². The van der Waals surface area contributed by atoms with Crippen molar-refractivity contribution in [2.24, 2.45) is 0 Å². The minimum atomic E-state index is -1.27. The van der Waals surface area contributed by atoms with Gasteiger partial charge in [0.15, 0.2) is 0 Å². The number of aryl methyl sites for hydroxylation is 1. The van der Waals surface area contributed by atoms with E-state index in [4.69, 9.17) is 10.2 Å². The summed E-state index contributed by atoms with van der Waals surface area (Å²) in [7, 11) is 0. The first-order chi connectivity index (χ1) is 8.04. The van der Waals surface area contributed by atoms with Crippen molar-refractivity contribution in [3.8, 4) is 0 Å². The number of carbonyl (C=O) groups is 2. The minimum Gasteiger partial charge on any atom is -0.480 e. The third-order valence-electron chi connectivity index (χ3n) is 2.26. The molecule has 6 heteroatoms. The molecular weight excluding hydrogens is 224 g/mol. The molecule has 0 aliphatic rings. The van der Waals surface area contributed by atoms with Crippen molar-refractivity contribution in [3.63, 3.8) is 0 Å². The van der Waals surface area contributed by atoms with E-state index < -0.39 is 24.5 Å². The van der Waals surface area contributed by atoms with Gasteiger partial charge in [-0.1, -0.05) is 6.07 Å². The lowest BCUT2D eigenvalue weighted by Crippen LogP contribution is -2.44. The number of aromatic nitrogens is 1. The quantitative estimate of drug-likeness (QED) is 0.642. The zero-order valence-corrected chi connectivity index (χ0v) is 9.38. The smallest absolute Gasteiger partial charge is 0.328 e. The number of hydrogen-bond acceptors (Lipinski definition) is 4. The van der Waals surface area contributed by atoms with Crippen molar-refractivity contribution in [2.75, 3.05) is 6.61 Å². The number of nitrogens with one attached hydrogen (secondary N) is 1. The van der Waals surface area contributed by atoms with E-state index in [1.54, 1.807) is 12.3 Å². The molecule has 0 saturated carbocycles. The Morgan fingerprint density at radius 3 is 2.76 bits per heavy atom. The highest BCUT2D eigenvalue weighted by atomic mass is 16.4. The summed E-state index contributed by atoms with van der Waals surface area (Å²) in [6.07, 6.45) is 1.56. The van der Waals surface area contributed by atoms with E-state index in [0.717, 1.165) is 5.56 Å². The van der Waals surface area contributed by atoms with Crippen LogP contribution < -0.4 is 5.32 Å². The summed E-state index contributed by atoms with van der Waals surface area (Å²) < 4.78 is 0. The van der Waals surface area contributed by atoms with Crippen LogP contribution >= 0.6 is 0 Å². The zero-order chi connectivity index (χ0) is 12.8. The van der Waals surface area contributed by atoms with Gasteiger partial charge in [0.25, 0.3) is 0 Å². The van der Waals surface area contributed by atoms with Gasteiger partial charge in [-0.25, -0.2) is 4.79 Å². The highest BCUT2D eigenvalue weighted by Crippen LogP contribution is 2.03. The summed E-state index contributed by atoms with van der Waals surface area (Å²) in [6, 6.07) is 2.30. The molecule has 1 rings (SSSR count). The highest BCUT2D eigenvalue weighted by molar-refractivity contribution is 5.84. The monoisotopic (exact) mass is 238 g/mol.